The number of aliphatic hydroxyl groups is 1. The van der Waals surface area contributed by atoms with E-state index < -0.39 is 17.5 Å². The molecular formula is C12H14N4O3. The van der Waals surface area contributed by atoms with Crippen molar-refractivity contribution in [2.75, 3.05) is 5.32 Å². The standard InChI is InChI=1S/C12H14N4O3/c1-7(15-16-11(13)18)6-12(19)8-4-2-3-5-9(8)14-10(12)17/h2-5,19H,6H2,1H3,(H,14,17)(H3,13,16,18)/b15-7-/t12-/m1/s1. The number of rotatable bonds is 3. The maximum Gasteiger partial charge on any atom is 0.332 e. The van der Waals surface area contributed by atoms with Gasteiger partial charge in [-0.2, -0.15) is 5.10 Å². The topological polar surface area (TPSA) is 117 Å². The quantitative estimate of drug-likeness (QED) is 0.462. The van der Waals surface area contributed by atoms with Crippen LogP contribution >= 0.6 is 0 Å². The minimum atomic E-state index is -1.68. The lowest BCUT2D eigenvalue weighted by Gasteiger charge is -2.20. The first-order chi connectivity index (χ1) is 8.93. The van der Waals surface area contributed by atoms with Crippen molar-refractivity contribution in [2.45, 2.75) is 18.9 Å². The summed E-state index contributed by atoms with van der Waals surface area (Å²) in [5.74, 6) is -0.512. The smallest absolute Gasteiger partial charge is 0.332 e. The highest BCUT2D eigenvalue weighted by Crippen LogP contribution is 2.38. The molecule has 1 aromatic rings. The number of hydrogen-bond acceptors (Lipinski definition) is 4. The van der Waals surface area contributed by atoms with Gasteiger partial charge in [0.2, 0.25) is 0 Å². The average molecular weight is 262 g/mol. The molecular weight excluding hydrogens is 248 g/mol. The summed E-state index contributed by atoms with van der Waals surface area (Å²) in [6.07, 6.45) is -0.0316. The van der Waals surface area contributed by atoms with Crippen LogP contribution in [0.25, 0.3) is 0 Å². The van der Waals surface area contributed by atoms with Gasteiger partial charge in [0.1, 0.15) is 0 Å². The van der Waals surface area contributed by atoms with Gasteiger partial charge in [0.15, 0.2) is 5.60 Å². The van der Waals surface area contributed by atoms with Crippen LogP contribution in [-0.2, 0) is 10.4 Å². The minimum absolute atomic E-state index is 0.0316. The van der Waals surface area contributed by atoms with Gasteiger partial charge in [0.05, 0.1) is 0 Å². The molecule has 1 heterocycles. The van der Waals surface area contributed by atoms with E-state index in [9.17, 15) is 14.7 Å². The molecule has 0 bridgehead atoms. The molecule has 3 amide bonds. The third-order valence-corrected chi connectivity index (χ3v) is 2.87. The van der Waals surface area contributed by atoms with Crippen LogP contribution in [0.15, 0.2) is 29.4 Å². The van der Waals surface area contributed by atoms with Crippen LogP contribution in [-0.4, -0.2) is 22.8 Å². The number of carbonyl (C=O) groups excluding carboxylic acids is 2. The lowest BCUT2D eigenvalue weighted by atomic mass is 9.90. The first-order valence-electron chi connectivity index (χ1n) is 5.65. The Balaban J connectivity index is 2.26. The number of hydrogen-bond donors (Lipinski definition) is 4. The fourth-order valence-corrected chi connectivity index (χ4v) is 2.04. The summed E-state index contributed by atoms with van der Waals surface area (Å²) in [5, 5.41) is 16.8. The number of para-hydroxylation sites is 1. The summed E-state index contributed by atoms with van der Waals surface area (Å²) in [6, 6.07) is 6.07. The number of primary amides is 1. The van der Waals surface area contributed by atoms with Gasteiger partial charge >= 0.3 is 6.03 Å². The van der Waals surface area contributed by atoms with Gasteiger partial charge in [-0.05, 0) is 13.0 Å². The van der Waals surface area contributed by atoms with Crippen molar-refractivity contribution >= 4 is 23.3 Å². The van der Waals surface area contributed by atoms with Crippen LogP contribution < -0.4 is 16.5 Å². The van der Waals surface area contributed by atoms with Gasteiger partial charge in [-0.25, -0.2) is 10.2 Å². The third kappa shape index (κ3) is 2.41. The van der Waals surface area contributed by atoms with E-state index in [-0.39, 0.29) is 6.42 Å². The lowest BCUT2D eigenvalue weighted by Crippen LogP contribution is -2.36. The minimum Gasteiger partial charge on any atom is -0.375 e. The number of nitrogens with two attached hydrogens (primary N) is 1. The molecule has 100 valence electrons. The zero-order chi connectivity index (χ0) is 14.0. The summed E-state index contributed by atoms with van der Waals surface area (Å²) >= 11 is 0. The molecule has 0 saturated heterocycles. The molecule has 7 heteroatoms. The summed E-state index contributed by atoms with van der Waals surface area (Å²) in [5.41, 5.74) is 6.72. The monoisotopic (exact) mass is 262 g/mol. The number of benzene rings is 1. The van der Waals surface area contributed by atoms with Crippen LogP contribution in [0.3, 0.4) is 0 Å². The summed E-state index contributed by atoms with van der Waals surface area (Å²) in [7, 11) is 0. The molecule has 0 aromatic heterocycles. The normalized spacial score (nSPS) is 21.8. The fraction of sp³-hybridized carbons (Fsp3) is 0.250. The zero-order valence-corrected chi connectivity index (χ0v) is 10.3. The van der Waals surface area contributed by atoms with E-state index in [4.69, 9.17) is 5.73 Å². The fourth-order valence-electron chi connectivity index (χ4n) is 2.04. The molecule has 1 aromatic carbocycles. The molecule has 5 N–H and O–H groups in total. The van der Waals surface area contributed by atoms with Gasteiger partial charge < -0.3 is 16.2 Å². The second-order valence-corrected chi connectivity index (χ2v) is 4.36. The first kappa shape index (κ1) is 13.0. The van der Waals surface area contributed by atoms with Crippen molar-refractivity contribution in [2.24, 2.45) is 10.8 Å². The van der Waals surface area contributed by atoms with Gasteiger partial charge in [-0.1, -0.05) is 18.2 Å². The second kappa shape index (κ2) is 4.69. The highest BCUT2D eigenvalue weighted by molar-refractivity contribution is 6.07. The van der Waals surface area contributed by atoms with Crippen LogP contribution in [0.2, 0.25) is 0 Å². The lowest BCUT2D eigenvalue weighted by molar-refractivity contribution is -0.132. The number of anilines is 1. The Kier molecular flexibility index (Phi) is 3.22. The van der Waals surface area contributed by atoms with Crippen LogP contribution in [0.5, 0.6) is 0 Å². The van der Waals surface area contributed by atoms with E-state index in [1.807, 2.05) is 0 Å². The van der Waals surface area contributed by atoms with Crippen LogP contribution in [0.4, 0.5) is 10.5 Å². The number of carbonyl (C=O) groups is 2. The van der Waals surface area contributed by atoms with Gasteiger partial charge in [-0.3, -0.25) is 4.79 Å². The maximum atomic E-state index is 11.9. The molecule has 2 rings (SSSR count). The van der Waals surface area contributed by atoms with Crippen LogP contribution in [0, 0.1) is 0 Å². The Morgan fingerprint density at radius 1 is 1.53 bits per heavy atom. The highest BCUT2D eigenvalue weighted by atomic mass is 16.3. The van der Waals surface area contributed by atoms with E-state index in [1.165, 1.54) is 0 Å². The molecule has 19 heavy (non-hydrogen) atoms. The largest absolute Gasteiger partial charge is 0.375 e. The predicted molar refractivity (Wildman–Crippen MR) is 69.4 cm³/mol. The Morgan fingerprint density at radius 2 is 2.21 bits per heavy atom. The van der Waals surface area contributed by atoms with Crippen LogP contribution in [0.1, 0.15) is 18.9 Å². The van der Waals surface area contributed by atoms with Crippen molar-refractivity contribution < 1.29 is 14.7 Å². The molecule has 0 unspecified atom stereocenters. The number of nitrogens with one attached hydrogen (secondary N) is 2. The average Bonchev–Trinajstić information content (AvgIpc) is 2.60. The molecule has 0 aliphatic carbocycles. The van der Waals surface area contributed by atoms with Gasteiger partial charge in [-0.15, -0.1) is 0 Å². The Morgan fingerprint density at radius 3 is 2.89 bits per heavy atom. The molecule has 0 spiro atoms. The highest BCUT2D eigenvalue weighted by Gasteiger charge is 2.45. The third-order valence-electron chi connectivity index (χ3n) is 2.87. The molecule has 0 saturated carbocycles. The van der Waals surface area contributed by atoms with Crippen molar-refractivity contribution in [3.8, 4) is 0 Å². The van der Waals surface area contributed by atoms with E-state index in [2.05, 4.69) is 15.8 Å². The second-order valence-electron chi connectivity index (χ2n) is 4.36. The number of hydrazone groups is 1. The number of fused-ring (bicyclic) bond motifs is 1. The molecule has 1 atom stereocenters. The molecule has 1 aliphatic rings. The molecule has 7 nitrogen and oxygen atoms in total. The first-order valence-corrected chi connectivity index (χ1v) is 5.65. The van der Waals surface area contributed by atoms with E-state index >= 15 is 0 Å². The van der Waals surface area contributed by atoms with E-state index in [1.54, 1.807) is 31.2 Å². The molecule has 0 radical (unpaired) electrons. The van der Waals surface area contributed by atoms with E-state index in [0.29, 0.717) is 17.0 Å². The van der Waals surface area contributed by atoms with Crippen molar-refractivity contribution in [1.29, 1.82) is 0 Å². The number of amides is 3. The van der Waals surface area contributed by atoms with E-state index in [0.717, 1.165) is 0 Å². The van der Waals surface area contributed by atoms with Gasteiger partial charge in [0.25, 0.3) is 5.91 Å². The Bertz CT molecular complexity index is 570. The number of urea groups is 1. The van der Waals surface area contributed by atoms with Crippen molar-refractivity contribution in [3.05, 3.63) is 29.8 Å². The molecule has 1 aliphatic heterocycles. The maximum absolute atomic E-state index is 11.9. The summed E-state index contributed by atoms with van der Waals surface area (Å²) in [6.45, 7) is 1.59. The summed E-state index contributed by atoms with van der Waals surface area (Å²) < 4.78 is 0. The summed E-state index contributed by atoms with van der Waals surface area (Å²) in [4.78, 5) is 22.4. The Labute approximate surface area is 109 Å². The SMILES string of the molecule is C/C(C[C@]1(O)C(=O)Nc2ccccc21)=N/NC(N)=O. The molecule has 0 fully saturated rings. The predicted octanol–water partition coefficient (Wildman–Crippen LogP) is 0.261. The number of nitrogens with zero attached hydrogens (tertiary/aromatic N) is 1. The Hall–Kier alpha value is -2.41. The zero-order valence-electron chi connectivity index (χ0n) is 10.3. The van der Waals surface area contributed by atoms with Crippen molar-refractivity contribution in [1.82, 2.24) is 5.43 Å². The van der Waals surface area contributed by atoms with Gasteiger partial charge in [0, 0.05) is 23.4 Å². The van der Waals surface area contributed by atoms with Crippen molar-refractivity contribution in [3.63, 3.8) is 0 Å².